The first-order chi connectivity index (χ1) is 14.5. The van der Waals surface area contributed by atoms with Crippen LogP contribution in [0, 0.1) is 5.92 Å². The summed E-state index contributed by atoms with van der Waals surface area (Å²) >= 11 is 0. The molecule has 2 aromatic rings. The van der Waals surface area contributed by atoms with Crippen molar-refractivity contribution in [2.75, 3.05) is 6.54 Å². The SMILES string of the molecule is C[C@@H](OC(=O)CCCCc1ccccc1)[C@@H]1CN(C(=O)CCc2ccccc2)C1=O. The maximum absolute atomic E-state index is 12.4. The normalized spacial score (nSPS) is 16.6. The van der Waals surface area contributed by atoms with Crippen molar-refractivity contribution in [1.82, 2.24) is 4.90 Å². The number of carbonyl (C=O) groups excluding carboxylic acids is 3. The zero-order valence-corrected chi connectivity index (χ0v) is 17.5. The molecular formula is C25H29NO4. The van der Waals surface area contributed by atoms with Crippen LogP contribution in [0.3, 0.4) is 0 Å². The van der Waals surface area contributed by atoms with Crippen LogP contribution in [0.2, 0.25) is 0 Å². The van der Waals surface area contributed by atoms with Crippen molar-refractivity contribution in [3.63, 3.8) is 0 Å². The smallest absolute Gasteiger partial charge is 0.306 e. The number of unbranched alkanes of at least 4 members (excludes halogenated alkanes) is 1. The molecule has 1 fully saturated rings. The number of nitrogens with zero attached hydrogens (tertiary/aromatic N) is 1. The van der Waals surface area contributed by atoms with Crippen molar-refractivity contribution in [2.24, 2.45) is 5.92 Å². The number of likely N-dealkylation sites (tertiary alicyclic amines) is 1. The summed E-state index contributed by atoms with van der Waals surface area (Å²) in [6.07, 6.45) is 3.36. The average molecular weight is 408 g/mol. The third kappa shape index (κ3) is 6.02. The Morgan fingerprint density at radius 2 is 1.53 bits per heavy atom. The van der Waals surface area contributed by atoms with E-state index in [1.807, 2.05) is 48.5 Å². The van der Waals surface area contributed by atoms with Gasteiger partial charge in [0.15, 0.2) is 0 Å². The second-order valence-corrected chi connectivity index (χ2v) is 7.82. The first-order valence-electron chi connectivity index (χ1n) is 10.7. The van der Waals surface area contributed by atoms with Gasteiger partial charge in [0, 0.05) is 19.4 Å². The molecule has 0 unspecified atom stereocenters. The molecule has 30 heavy (non-hydrogen) atoms. The summed E-state index contributed by atoms with van der Waals surface area (Å²) < 4.78 is 5.44. The molecule has 1 aliphatic rings. The Hall–Kier alpha value is -2.95. The van der Waals surface area contributed by atoms with Crippen LogP contribution in [0.25, 0.3) is 0 Å². The molecule has 0 aliphatic carbocycles. The Bertz CT molecular complexity index is 850. The van der Waals surface area contributed by atoms with E-state index < -0.39 is 12.0 Å². The van der Waals surface area contributed by atoms with Gasteiger partial charge >= 0.3 is 5.97 Å². The molecule has 0 radical (unpaired) electrons. The summed E-state index contributed by atoms with van der Waals surface area (Å²) in [4.78, 5) is 38.0. The quantitative estimate of drug-likeness (QED) is 0.340. The lowest BCUT2D eigenvalue weighted by atomic mass is 9.92. The highest BCUT2D eigenvalue weighted by molar-refractivity contribution is 6.01. The Morgan fingerprint density at radius 1 is 0.933 bits per heavy atom. The fourth-order valence-corrected chi connectivity index (χ4v) is 3.65. The van der Waals surface area contributed by atoms with E-state index in [1.54, 1.807) is 6.92 Å². The molecule has 3 rings (SSSR count). The molecule has 0 saturated carbocycles. The molecule has 1 heterocycles. The molecular weight excluding hydrogens is 378 g/mol. The fraction of sp³-hybridized carbons (Fsp3) is 0.400. The van der Waals surface area contributed by atoms with Gasteiger partial charge in [-0.2, -0.15) is 0 Å². The number of aryl methyl sites for hydroxylation is 2. The van der Waals surface area contributed by atoms with E-state index in [9.17, 15) is 14.4 Å². The van der Waals surface area contributed by atoms with Crippen molar-refractivity contribution < 1.29 is 19.1 Å². The topological polar surface area (TPSA) is 63.7 Å². The lowest BCUT2D eigenvalue weighted by Crippen LogP contribution is -2.59. The summed E-state index contributed by atoms with van der Waals surface area (Å²) in [5.41, 5.74) is 2.33. The second-order valence-electron chi connectivity index (χ2n) is 7.82. The van der Waals surface area contributed by atoms with Gasteiger partial charge in [-0.1, -0.05) is 60.7 Å². The number of amides is 2. The monoisotopic (exact) mass is 407 g/mol. The number of hydrogen-bond acceptors (Lipinski definition) is 4. The van der Waals surface area contributed by atoms with Gasteiger partial charge in [-0.3, -0.25) is 19.3 Å². The van der Waals surface area contributed by atoms with Gasteiger partial charge in [0.1, 0.15) is 6.10 Å². The van der Waals surface area contributed by atoms with Crippen molar-refractivity contribution >= 4 is 17.8 Å². The Kier molecular flexibility index (Phi) is 7.77. The number of rotatable bonds is 10. The molecule has 0 bridgehead atoms. The molecule has 2 aromatic carbocycles. The van der Waals surface area contributed by atoms with E-state index in [0.717, 1.165) is 24.8 Å². The van der Waals surface area contributed by atoms with Crippen LogP contribution in [-0.4, -0.2) is 35.3 Å². The molecule has 2 amide bonds. The largest absolute Gasteiger partial charge is 0.462 e. The maximum Gasteiger partial charge on any atom is 0.306 e. The molecule has 1 saturated heterocycles. The third-order valence-electron chi connectivity index (χ3n) is 5.56. The second kappa shape index (κ2) is 10.7. The molecule has 5 heteroatoms. The Labute approximate surface area is 178 Å². The zero-order chi connectivity index (χ0) is 21.3. The van der Waals surface area contributed by atoms with Crippen LogP contribution in [0.5, 0.6) is 0 Å². The van der Waals surface area contributed by atoms with Crippen LogP contribution in [0.4, 0.5) is 0 Å². The summed E-state index contributed by atoms with van der Waals surface area (Å²) in [5, 5.41) is 0. The molecule has 0 aromatic heterocycles. The minimum absolute atomic E-state index is 0.167. The highest BCUT2D eigenvalue weighted by Gasteiger charge is 2.44. The van der Waals surface area contributed by atoms with Gasteiger partial charge in [0.2, 0.25) is 11.8 Å². The van der Waals surface area contributed by atoms with E-state index in [1.165, 1.54) is 10.5 Å². The maximum atomic E-state index is 12.4. The molecule has 158 valence electrons. The minimum Gasteiger partial charge on any atom is -0.462 e. The number of carbonyl (C=O) groups is 3. The predicted molar refractivity (Wildman–Crippen MR) is 115 cm³/mol. The fourth-order valence-electron chi connectivity index (χ4n) is 3.65. The first kappa shape index (κ1) is 21.8. The Morgan fingerprint density at radius 3 is 2.13 bits per heavy atom. The minimum atomic E-state index is -0.503. The highest BCUT2D eigenvalue weighted by atomic mass is 16.5. The van der Waals surface area contributed by atoms with Crippen molar-refractivity contribution in [3.05, 3.63) is 71.8 Å². The van der Waals surface area contributed by atoms with Gasteiger partial charge in [0.05, 0.1) is 5.92 Å². The number of β-lactam (4-membered cyclic amide) rings is 1. The lowest BCUT2D eigenvalue weighted by Gasteiger charge is -2.39. The number of esters is 1. The molecule has 5 nitrogen and oxygen atoms in total. The zero-order valence-electron chi connectivity index (χ0n) is 17.5. The van der Waals surface area contributed by atoms with Crippen molar-refractivity contribution in [3.8, 4) is 0 Å². The van der Waals surface area contributed by atoms with Crippen molar-refractivity contribution in [1.29, 1.82) is 0 Å². The molecule has 2 atom stereocenters. The van der Waals surface area contributed by atoms with Crippen LogP contribution in [0.1, 0.15) is 43.7 Å². The van der Waals surface area contributed by atoms with E-state index in [2.05, 4.69) is 12.1 Å². The van der Waals surface area contributed by atoms with Crippen LogP contribution in [-0.2, 0) is 32.0 Å². The lowest BCUT2D eigenvalue weighted by molar-refractivity contribution is -0.169. The molecule has 0 spiro atoms. The van der Waals surface area contributed by atoms with Gasteiger partial charge in [-0.25, -0.2) is 0 Å². The number of hydrogen-bond donors (Lipinski definition) is 0. The third-order valence-corrected chi connectivity index (χ3v) is 5.56. The van der Waals surface area contributed by atoms with E-state index in [4.69, 9.17) is 4.74 Å². The van der Waals surface area contributed by atoms with Gasteiger partial charge < -0.3 is 4.74 Å². The average Bonchev–Trinajstić information content (AvgIpc) is 2.75. The van der Waals surface area contributed by atoms with Gasteiger partial charge in [-0.05, 0) is 43.7 Å². The van der Waals surface area contributed by atoms with E-state index in [0.29, 0.717) is 25.8 Å². The van der Waals surface area contributed by atoms with Crippen LogP contribution in [0.15, 0.2) is 60.7 Å². The van der Waals surface area contributed by atoms with Gasteiger partial charge in [-0.15, -0.1) is 0 Å². The molecule has 0 N–H and O–H groups in total. The molecule has 1 aliphatic heterocycles. The number of imide groups is 1. The van der Waals surface area contributed by atoms with E-state index >= 15 is 0 Å². The summed E-state index contributed by atoms with van der Waals surface area (Å²) in [6, 6.07) is 19.9. The van der Waals surface area contributed by atoms with Crippen LogP contribution >= 0.6 is 0 Å². The standard InChI is InChI=1S/C25H29NO4/c1-19(30-24(28)15-9-8-14-20-10-4-2-5-11-20)22-18-26(25(22)29)23(27)17-16-21-12-6-3-7-13-21/h2-7,10-13,19,22H,8-9,14-18H2,1H3/t19-,22+/m1/s1. The van der Waals surface area contributed by atoms with Gasteiger partial charge in [0.25, 0.3) is 0 Å². The first-order valence-corrected chi connectivity index (χ1v) is 10.7. The highest BCUT2D eigenvalue weighted by Crippen LogP contribution is 2.25. The predicted octanol–water partition coefficient (Wildman–Crippen LogP) is 3.95. The summed E-state index contributed by atoms with van der Waals surface area (Å²) in [5.74, 6) is -1.10. The van der Waals surface area contributed by atoms with E-state index in [-0.39, 0.29) is 17.8 Å². The van der Waals surface area contributed by atoms with Crippen LogP contribution < -0.4 is 0 Å². The summed E-state index contributed by atoms with van der Waals surface area (Å²) in [7, 11) is 0. The number of ether oxygens (including phenoxy) is 1. The summed E-state index contributed by atoms with van der Waals surface area (Å²) in [6.45, 7) is 2.06. The Balaban J connectivity index is 1.33. The number of benzene rings is 2. The van der Waals surface area contributed by atoms with Crippen molar-refractivity contribution in [2.45, 2.75) is 51.6 Å².